The number of hydrogen-bond donors (Lipinski definition) is 0. The van der Waals surface area contributed by atoms with Gasteiger partial charge in [0.15, 0.2) is 0 Å². The van der Waals surface area contributed by atoms with E-state index in [2.05, 4.69) is 11.8 Å². The maximum atomic E-state index is 5.82. The summed E-state index contributed by atoms with van der Waals surface area (Å²) in [6.07, 6.45) is 8.21. The zero-order valence-corrected chi connectivity index (χ0v) is 7.79. The van der Waals surface area contributed by atoms with Gasteiger partial charge in [-0.2, -0.15) is 0 Å². The molecule has 0 N–H and O–H groups in total. The van der Waals surface area contributed by atoms with E-state index in [1.54, 1.807) is 0 Å². The molecule has 0 aromatic heterocycles. The summed E-state index contributed by atoms with van der Waals surface area (Å²) in [7, 11) is 0. The van der Waals surface area contributed by atoms with Crippen molar-refractivity contribution in [2.75, 3.05) is 12.4 Å². The monoisotopic (exact) mass is 172 g/mol. The van der Waals surface area contributed by atoms with Crippen molar-refractivity contribution in [3.05, 3.63) is 0 Å². The minimum Gasteiger partial charge on any atom is -0.363 e. The van der Waals surface area contributed by atoms with Crippen molar-refractivity contribution in [3.63, 3.8) is 0 Å². The Hall–Kier alpha value is 0.310. The summed E-state index contributed by atoms with van der Waals surface area (Å²) < 4.78 is 5.82. The molecule has 2 fully saturated rings. The zero-order valence-electron chi connectivity index (χ0n) is 6.97. The van der Waals surface area contributed by atoms with E-state index in [1.807, 2.05) is 0 Å². The van der Waals surface area contributed by atoms with Crippen LogP contribution in [0.25, 0.3) is 0 Å². The van der Waals surface area contributed by atoms with Crippen LogP contribution in [0, 0.1) is 0 Å². The molecule has 1 nitrogen and oxygen atoms in total. The molecular formula is C9H16OS. The number of thioether (sulfide) groups is 1. The molecule has 1 saturated carbocycles. The van der Waals surface area contributed by atoms with Gasteiger partial charge in [-0.25, -0.2) is 0 Å². The van der Waals surface area contributed by atoms with Gasteiger partial charge in [-0.1, -0.05) is 12.8 Å². The first-order chi connectivity index (χ1) is 5.41. The standard InChI is InChI=1S/C9H16OS/c1-2-4-6-9(5-3-1)10-7-8-11-9/h1-8H2. The molecule has 1 saturated heterocycles. The molecule has 2 heteroatoms. The third kappa shape index (κ3) is 1.73. The first-order valence-corrected chi connectivity index (χ1v) is 5.68. The van der Waals surface area contributed by atoms with Gasteiger partial charge in [-0.05, 0) is 25.7 Å². The summed E-state index contributed by atoms with van der Waals surface area (Å²) >= 11 is 2.06. The van der Waals surface area contributed by atoms with E-state index in [0.29, 0.717) is 0 Å². The van der Waals surface area contributed by atoms with Crippen LogP contribution >= 0.6 is 11.8 Å². The van der Waals surface area contributed by atoms with E-state index < -0.39 is 0 Å². The molecule has 1 aliphatic carbocycles. The topological polar surface area (TPSA) is 9.23 Å². The van der Waals surface area contributed by atoms with Crippen LogP contribution in [0.5, 0.6) is 0 Å². The second-order valence-electron chi connectivity index (χ2n) is 3.52. The van der Waals surface area contributed by atoms with Crippen LogP contribution in [0.1, 0.15) is 38.5 Å². The molecule has 0 atom stereocenters. The van der Waals surface area contributed by atoms with Gasteiger partial charge >= 0.3 is 0 Å². The molecular weight excluding hydrogens is 156 g/mol. The molecule has 0 amide bonds. The third-order valence-corrected chi connectivity index (χ3v) is 4.10. The number of rotatable bonds is 0. The fourth-order valence-electron chi connectivity index (χ4n) is 2.05. The molecule has 1 heterocycles. The first-order valence-electron chi connectivity index (χ1n) is 4.69. The van der Waals surface area contributed by atoms with Crippen molar-refractivity contribution in [2.24, 2.45) is 0 Å². The van der Waals surface area contributed by atoms with E-state index in [4.69, 9.17) is 4.74 Å². The lowest BCUT2D eigenvalue weighted by Crippen LogP contribution is -2.22. The Morgan fingerprint density at radius 1 is 1.00 bits per heavy atom. The molecule has 0 aromatic rings. The summed E-state index contributed by atoms with van der Waals surface area (Å²) in [4.78, 5) is 0.274. The SMILES string of the molecule is C1CCCC2(CC1)OCCS2. The van der Waals surface area contributed by atoms with Gasteiger partial charge < -0.3 is 4.74 Å². The van der Waals surface area contributed by atoms with Crippen molar-refractivity contribution in [1.82, 2.24) is 0 Å². The maximum Gasteiger partial charge on any atom is 0.113 e. The van der Waals surface area contributed by atoms with Crippen LogP contribution in [0.15, 0.2) is 0 Å². The average Bonchev–Trinajstić information content (AvgIpc) is 2.32. The molecule has 0 unspecified atom stereocenters. The van der Waals surface area contributed by atoms with Crippen molar-refractivity contribution >= 4 is 11.8 Å². The van der Waals surface area contributed by atoms with Crippen molar-refractivity contribution in [1.29, 1.82) is 0 Å². The van der Waals surface area contributed by atoms with Gasteiger partial charge in [0.2, 0.25) is 0 Å². The predicted octanol–water partition coefficient (Wildman–Crippen LogP) is 2.80. The summed E-state index contributed by atoms with van der Waals surface area (Å²) in [6.45, 7) is 0.991. The van der Waals surface area contributed by atoms with Crippen LogP contribution < -0.4 is 0 Å². The second kappa shape index (κ2) is 3.36. The smallest absolute Gasteiger partial charge is 0.113 e. The van der Waals surface area contributed by atoms with Gasteiger partial charge in [0.05, 0.1) is 6.61 Å². The third-order valence-electron chi connectivity index (χ3n) is 2.68. The minimum absolute atomic E-state index is 0.274. The molecule has 1 aliphatic heterocycles. The number of ether oxygens (including phenoxy) is 1. The van der Waals surface area contributed by atoms with E-state index in [-0.39, 0.29) is 4.93 Å². The lowest BCUT2D eigenvalue weighted by atomic mass is 10.1. The maximum absolute atomic E-state index is 5.82. The fourth-order valence-corrected chi connectivity index (χ4v) is 3.34. The Morgan fingerprint density at radius 2 is 1.73 bits per heavy atom. The predicted molar refractivity (Wildman–Crippen MR) is 48.8 cm³/mol. The normalized spacial score (nSPS) is 30.5. The molecule has 0 bridgehead atoms. The summed E-state index contributed by atoms with van der Waals surface area (Å²) in [5, 5.41) is 0. The molecule has 11 heavy (non-hydrogen) atoms. The first kappa shape index (κ1) is 7.93. The Morgan fingerprint density at radius 3 is 2.27 bits per heavy atom. The highest BCUT2D eigenvalue weighted by atomic mass is 32.2. The van der Waals surface area contributed by atoms with E-state index in [0.717, 1.165) is 6.61 Å². The van der Waals surface area contributed by atoms with E-state index in [1.165, 1.54) is 44.3 Å². The summed E-state index contributed by atoms with van der Waals surface area (Å²) in [6, 6.07) is 0. The fraction of sp³-hybridized carbons (Fsp3) is 1.00. The quantitative estimate of drug-likeness (QED) is 0.555. The molecule has 2 rings (SSSR count). The van der Waals surface area contributed by atoms with Crippen LogP contribution in [-0.4, -0.2) is 17.3 Å². The highest BCUT2D eigenvalue weighted by Gasteiger charge is 2.35. The van der Waals surface area contributed by atoms with Gasteiger partial charge in [0.1, 0.15) is 4.93 Å². The Kier molecular flexibility index (Phi) is 2.42. The molecule has 1 spiro atoms. The van der Waals surface area contributed by atoms with Crippen molar-refractivity contribution in [2.45, 2.75) is 43.5 Å². The van der Waals surface area contributed by atoms with Crippen LogP contribution in [-0.2, 0) is 4.74 Å². The van der Waals surface area contributed by atoms with Crippen LogP contribution in [0.4, 0.5) is 0 Å². The van der Waals surface area contributed by atoms with Crippen LogP contribution in [0.3, 0.4) is 0 Å². The Labute approximate surface area is 72.9 Å². The van der Waals surface area contributed by atoms with Gasteiger partial charge in [0, 0.05) is 5.75 Å². The second-order valence-corrected chi connectivity index (χ2v) is 4.96. The average molecular weight is 172 g/mol. The molecule has 0 radical (unpaired) electrons. The number of hydrogen-bond acceptors (Lipinski definition) is 2. The highest BCUT2D eigenvalue weighted by Crippen LogP contribution is 2.43. The van der Waals surface area contributed by atoms with Gasteiger partial charge in [-0.15, -0.1) is 11.8 Å². The zero-order chi connectivity index (χ0) is 7.57. The summed E-state index contributed by atoms with van der Waals surface area (Å²) in [5.41, 5.74) is 0. The minimum atomic E-state index is 0.274. The van der Waals surface area contributed by atoms with Gasteiger partial charge in [0.25, 0.3) is 0 Å². The van der Waals surface area contributed by atoms with Gasteiger partial charge in [-0.3, -0.25) is 0 Å². The van der Waals surface area contributed by atoms with Crippen molar-refractivity contribution < 1.29 is 4.74 Å². The van der Waals surface area contributed by atoms with E-state index >= 15 is 0 Å². The Balaban J connectivity index is 1.97. The lowest BCUT2D eigenvalue weighted by molar-refractivity contribution is 0.0403. The lowest BCUT2D eigenvalue weighted by Gasteiger charge is -2.25. The molecule has 0 aromatic carbocycles. The molecule has 2 aliphatic rings. The summed E-state index contributed by atoms with van der Waals surface area (Å²) in [5.74, 6) is 1.22. The van der Waals surface area contributed by atoms with Crippen molar-refractivity contribution in [3.8, 4) is 0 Å². The van der Waals surface area contributed by atoms with Crippen LogP contribution in [0.2, 0.25) is 0 Å². The Bertz CT molecular complexity index is 120. The largest absolute Gasteiger partial charge is 0.363 e. The molecule has 64 valence electrons. The van der Waals surface area contributed by atoms with E-state index in [9.17, 15) is 0 Å². The highest BCUT2D eigenvalue weighted by molar-refractivity contribution is 8.00.